The number of hydrogen-bond acceptors (Lipinski definition) is 2. The molecule has 2 heterocycles. The molecule has 0 unspecified atom stereocenters. The van der Waals surface area contributed by atoms with E-state index in [1.807, 2.05) is 30.3 Å². The summed E-state index contributed by atoms with van der Waals surface area (Å²) in [6.07, 6.45) is 3.38. The predicted octanol–water partition coefficient (Wildman–Crippen LogP) is 2.08. The highest BCUT2D eigenvalue weighted by Crippen LogP contribution is 2.20. The van der Waals surface area contributed by atoms with Crippen LogP contribution in [-0.4, -0.2) is 9.97 Å². The zero-order valence-electron chi connectivity index (χ0n) is 7.90. The second-order valence-electron chi connectivity index (χ2n) is 3.41. The third-order valence-corrected chi connectivity index (χ3v) is 2.52. The van der Waals surface area contributed by atoms with Gasteiger partial charge in [0.05, 0.1) is 0 Å². The van der Waals surface area contributed by atoms with Crippen LogP contribution in [0, 0.1) is 0 Å². The lowest BCUT2D eigenvalue weighted by Crippen LogP contribution is -2.06. The Morgan fingerprint density at radius 2 is 1.93 bits per heavy atom. The first-order valence-corrected chi connectivity index (χ1v) is 4.71. The summed E-state index contributed by atoms with van der Waals surface area (Å²) in [5.74, 6) is 0. The van der Waals surface area contributed by atoms with Crippen molar-refractivity contribution < 1.29 is 0 Å². The Labute approximate surface area is 85.4 Å². The van der Waals surface area contributed by atoms with Crippen molar-refractivity contribution in [1.82, 2.24) is 9.97 Å². The van der Waals surface area contributed by atoms with E-state index < -0.39 is 0 Å². The summed E-state index contributed by atoms with van der Waals surface area (Å²) in [4.78, 5) is 18.3. The highest BCUT2D eigenvalue weighted by Gasteiger charge is 2.02. The highest BCUT2D eigenvalue weighted by molar-refractivity contribution is 6.04. The molecule has 0 aliphatic heterocycles. The van der Waals surface area contributed by atoms with Gasteiger partial charge in [-0.1, -0.05) is 24.3 Å². The summed E-state index contributed by atoms with van der Waals surface area (Å²) in [6.45, 7) is 0. The van der Waals surface area contributed by atoms with E-state index in [4.69, 9.17) is 0 Å². The zero-order valence-corrected chi connectivity index (χ0v) is 7.90. The van der Waals surface area contributed by atoms with E-state index >= 15 is 0 Å². The number of aromatic nitrogens is 2. The number of fused-ring (bicyclic) bond motifs is 3. The van der Waals surface area contributed by atoms with Gasteiger partial charge in [0.25, 0.3) is 5.56 Å². The Morgan fingerprint density at radius 3 is 2.87 bits per heavy atom. The lowest BCUT2D eigenvalue weighted by atomic mass is 10.1. The van der Waals surface area contributed by atoms with Crippen LogP contribution in [0.25, 0.3) is 21.7 Å². The Bertz CT molecular complexity index is 700. The lowest BCUT2D eigenvalue weighted by molar-refractivity contribution is 1.24. The fourth-order valence-electron chi connectivity index (χ4n) is 1.80. The molecule has 1 aromatic carbocycles. The highest BCUT2D eigenvalue weighted by atomic mass is 16.1. The second-order valence-corrected chi connectivity index (χ2v) is 3.41. The van der Waals surface area contributed by atoms with Gasteiger partial charge in [-0.05, 0) is 11.5 Å². The molecule has 72 valence electrons. The van der Waals surface area contributed by atoms with Gasteiger partial charge in [-0.15, -0.1) is 0 Å². The van der Waals surface area contributed by atoms with Crippen LogP contribution in [0.15, 0.2) is 47.5 Å². The van der Waals surface area contributed by atoms with Crippen molar-refractivity contribution >= 4 is 21.7 Å². The molecule has 0 amide bonds. The van der Waals surface area contributed by atoms with E-state index in [1.165, 1.54) is 0 Å². The molecule has 3 rings (SSSR count). The first-order chi connectivity index (χ1) is 7.36. The average Bonchev–Trinajstić information content (AvgIpc) is 2.29. The predicted molar refractivity (Wildman–Crippen MR) is 59.9 cm³/mol. The normalized spacial score (nSPS) is 10.9. The molecule has 0 aliphatic carbocycles. The number of rotatable bonds is 0. The third-order valence-electron chi connectivity index (χ3n) is 2.52. The van der Waals surface area contributed by atoms with Crippen molar-refractivity contribution in [2.45, 2.75) is 0 Å². The van der Waals surface area contributed by atoms with Crippen LogP contribution < -0.4 is 5.56 Å². The van der Waals surface area contributed by atoms with E-state index in [9.17, 15) is 4.79 Å². The van der Waals surface area contributed by atoms with Gasteiger partial charge in [0.2, 0.25) is 0 Å². The number of aromatic amines is 1. The summed E-state index contributed by atoms with van der Waals surface area (Å²) in [5.41, 5.74) is 0.356. The standard InChI is InChI=1S/C12H8N2O/c15-12-11-10(5-6-13-12)9-4-2-1-3-8(9)7-14-11/h1-7H,(H,13,15). The molecular weight excluding hydrogens is 188 g/mol. The van der Waals surface area contributed by atoms with Crippen LogP contribution >= 0.6 is 0 Å². The third kappa shape index (κ3) is 1.13. The fraction of sp³-hybridized carbons (Fsp3) is 0. The Balaban J connectivity index is 2.67. The van der Waals surface area contributed by atoms with Gasteiger partial charge in [-0.25, -0.2) is 4.98 Å². The fourth-order valence-corrected chi connectivity index (χ4v) is 1.80. The molecule has 0 fully saturated rings. The molecule has 3 aromatic rings. The zero-order chi connectivity index (χ0) is 10.3. The molecule has 0 saturated heterocycles. The molecule has 3 nitrogen and oxygen atoms in total. The molecule has 0 atom stereocenters. The van der Waals surface area contributed by atoms with Crippen molar-refractivity contribution in [2.24, 2.45) is 0 Å². The SMILES string of the molecule is O=c1[nH]ccc2c1ncc1ccccc12. The number of nitrogens with zero attached hydrogens (tertiary/aromatic N) is 1. The number of pyridine rings is 2. The molecule has 3 heteroatoms. The minimum atomic E-state index is -0.141. The van der Waals surface area contributed by atoms with Gasteiger partial charge in [-0.2, -0.15) is 0 Å². The van der Waals surface area contributed by atoms with Gasteiger partial charge < -0.3 is 4.98 Å². The topological polar surface area (TPSA) is 45.8 Å². The van der Waals surface area contributed by atoms with Gasteiger partial charge in [0.1, 0.15) is 5.52 Å². The van der Waals surface area contributed by atoms with Crippen LogP contribution in [0.1, 0.15) is 0 Å². The summed E-state index contributed by atoms with van der Waals surface area (Å²) in [7, 11) is 0. The number of benzene rings is 1. The van der Waals surface area contributed by atoms with Crippen molar-refractivity contribution in [3.05, 3.63) is 53.1 Å². The summed E-state index contributed by atoms with van der Waals surface area (Å²) < 4.78 is 0. The molecule has 1 N–H and O–H groups in total. The van der Waals surface area contributed by atoms with Gasteiger partial charge in [0, 0.05) is 23.2 Å². The summed E-state index contributed by atoms with van der Waals surface area (Å²) in [6, 6.07) is 9.79. The smallest absolute Gasteiger partial charge is 0.274 e. The Hall–Kier alpha value is -2.16. The summed E-state index contributed by atoms with van der Waals surface area (Å²) in [5, 5.41) is 3.01. The molecular formula is C12H8N2O. The quantitative estimate of drug-likeness (QED) is 0.559. The number of hydrogen-bond donors (Lipinski definition) is 1. The Morgan fingerprint density at radius 1 is 1.07 bits per heavy atom. The molecule has 2 aromatic heterocycles. The lowest BCUT2D eigenvalue weighted by Gasteiger charge is -2.00. The minimum Gasteiger partial charge on any atom is -0.327 e. The number of nitrogens with one attached hydrogen (secondary N) is 1. The maximum Gasteiger partial charge on any atom is 0.274 e. The van der Waals surface area contributed by atoms with E-state index in [0.29, 0.717) is 5.52 Å². The van der Waals surface area contributed by atoms with Crippen molar-refractivity contribution in [2.75, 3.05) is 0 Å². The molecule has 0 spiro atoms. The second kappa shape index (κ2) is 2.92. The minimum absolute atomic E-state index is 0.141. The van der Waals surface area contributed by atoms with Gasteiger partial charge in [0.15, 0.2) is 0 Å². The Kier molecular flexibility index (Phi) is 1.59. The molecule has 0 aliphatic rings. The van der Waals surface area contributed by atoms with Crippen molar-refractivity contribution in [3.8, 4) is 0 Å². The molecule has 0 bridgehead atoms. The van der Waals surface area contributed by atoms with Crippen LogP contribution in [0.2, 0.25) is 0 Å². The summed E-state index contributed by atoms with van der Waals surface area (Å²) >= 11 is 0. The largest absolute Gasteiger partial charge is 0.327 e. The molecule has 0 saturated carbocycles. The van der Waals surface area contributed by atoms with E-state index in [1.54, 1.807) is 12.4 Å². The molecule has 15 heavy (non-hydrogen) atoms. The van der Waals surface area contributed by atoms with Crippen LogP contribution in [-0.2, 0) is 0 Å². The van der Waals surface area contributed by atoms with E-state index in [2.05, 4.69) is 9.97 Å². The average molecular weight is 196 g/mol. The van der Waals surface area contributed by atoms with E-state index in [0.717, 1.165) is 16.2 Å². The van der Waals surface area contributed by atoms with Crippen LogP contribution in [0.5, 0.6) is 0 Å². The van der Waals surface area contributed by atoms with Crippen molar-refractivity contribution in [1.29, 1.82) is 0 Å². The van der Waals surface area contributed by atoms with Crippen molar-refractivity contribution in [3.63, 3.8) is 0 Å². The maximum absolute atomic E-state index is 11.5. The first-order valence-electron chi connectivity index (χ1n) is 4.71. The monoisotopic (exact) mass is 196 g/mol. The first kappa shape index (κ1) is 8.17. The maximum atomic E-state index is 11.5. The van der Waals surface area contributed by atoms with E-state index in [-0.39, 0.29) is 5.56 Å². The van der Waals surface area contributed by atoms with Crippen LogP contribution in [0.4, 0.5) is 0 Å². The number of H-pyrrole nitrogens is 1. The van der Waals surface area contributed by atoms with Crippen LogP contribution in [0.3, 0.4) is 0 Å². The van der Waals surface area contributed by atoms with Gasteiger partial charge in [-0.3, -0.25) is 4.79 Å². The molecule has 0 radical (unpaired) electrons. The van der Waals surface area contributed by atoms with Gasteiger partial charge >= 0.3 is 0 Å².